The minimum absolute atomic E-state index is 0.235. The number of nitrogens with one attached hydrogen (secondary N) is 2. The molecule has 4 rings (SSSR count). The van der Waals surface area contributed by atoms with Gasteiger partial charge in [-0.05, 0) is 61.4 Å². The number of fused-ring (bicyclic) bond motifs is 1. The summed E-state index contributed by atoms with van der Waals surface area (Å²) < 4.78 is 0. The first kappa shape index (κ1) is 17.6. The largest absolute Gasteiger partial charge is 0.339 e. The number of carbonyl (C=O) groups excluding carboxylic acids is 1. The van der Waals surface area contributed by atoms with Crippen LogP contribution in [0.5, 0.6) is 0 Å². The first-order valence-electron chi connectivity index (χ1n) is 8.93. The van der Waals surface area contributed by atoms with Crippen molar-refractivity contribution in [2.24, 2.45) is 0 Å². The first-order chi connectivity index (χ1) is 13.6. The summed E-state index contributed by atoms with van der Waals surface area (Å²) in [4.78, 5) is 16.9. The minimum Gasteiger partial charge on any atom is -0.339 e. The smallest absolute Gasteiger partial charge is 0.276 e. The van der Waals surface area contributed by atoms with Crippen LogP contribution in [0.3, 0.4) is 0 Å². The summed E-state index contributed by atoms with van der Waals surface area (Å²) in [7, 11) is 0. The Morgan fingerprint density at radius 3 is 2.43 bits per heavy atom. The maximum Gasteiger partial charge on any atom is 0.276 e. The van der Waals surface area contributed by atoms with E-state index in [1.54, 1.807) is 18.3 Å². The molecule has 0 unspecified atom stereocenters. The van der Waals surface area contributed by atoms with Crippen LogP contribution in [0.4, 0.5) is 17.2 Å². The lowest BCUT2D eigenvalue weighted by atomic mass is 10.1. The normalized spacial score (nSPS) is 10.6. The van der Waals surface area contributed by atoms with Gasteiger partial charge in [-0.15, -0.1) is 10.2 Å². The quantitative estimate of drug-likeness (QED) is 0.548. The van der Waals surface area contributed by atoms with Crippen molar-refractivity contribution in [3.05, 3.63) is 83.7 Å². The van der Waals surface area contributed by atoms with E-state index in [-0.39, 0.29) is 11.6 Å². The zero-order valence-corrected chi connectivity index (χ0v) is 15.6. The summed E-state index contributed by atoms with van der Waals surface area (Å²) in [5, 5.41) is 15.2. The van der Waals surface area contributed by atoms with E-state index < -0.39 is 0 Å². The van der Waals surface area contributed by atoms with Crippen molar-refractivity contribution in [3.8, 4) is 0 Å². The molecule has 2 aromatic carbocycles. The summed E-state index contributed by atoms with van der Waals surface area (Å²) in [5.74, 6) is 0.247. The summed E-state index contributed by atoms with van der Waals surface area (Å²) in [6.45, 7) is 4.08. The number of carbonyl (C=O) groups is 1. The average Bonchev–Trinajstić information content (AvgIpc) is 2.68. The van der Waals surface area contributed by atoms with Crippen LogP contribution in [0, 0.1) is 13.8 Å². The molecule has 0 radical (unpaired) electrons. The van der Waals surface area contributed by atoms with Gasteiger partial charge in [0.1, 0.15) is 0 Å². The minimum atomic E-state index is -0.330. The zero-order valence-electron chi connectivity index (χ0n) is 15.6. The maximum atomic E-state index is 12.6. The van der Waals surface area contributed by atoms with Crippen molar-refractivity contribution < 1.29 is 4.79 Å². The highest BCUT2D eigenvalue weighted by molar-refractivity contribution is 6.07. The van der Waals surface area contributed by atoms with Crippen LogP contribution in [0.2, 0.25) is 0 Å². The topological polar surface area (TPSA) is 79.8 Å². The van der Waals surface area contributed by atoms with E-state index in [2.05, 4.69) is 31.9 Å². The molecule has 0 aliphatic rings. The average molecular weight is 369 g/mol. The highest BCUT2D eigenvalue weighted by atomic mass is 16.1. The van der Waals surface area contributed by atoms with Crippen molar-refractivity contribution >= 4 is 34.0 Å². The third kappa shape index (κ3) is 3.81. The molecule has 2 N–H and O–H groups in total. The second-order valence-electron chi connectivity index (χ2n) is 6.64. The fourth-order valence-corrected chi connectivity index (χ4v) is 3.11. The van der Waals surface area contributed by atoms with Crippen LogP contribution >= 0.6 is 0 Å². The van der Waals surface area contributed by atoms with Gasteiger partial charge in [0.15, 0.2) is 11.5 Å². The zero-order chi connectivity index (χ0) is 19.5. The number of amides is 1. The van der Waals surface area contributed by atoms with E-state index in [0.717, 1.165) is 27.7 Å². The Morgan fingerprint density at radius 1 is 0.893 bits per heavy atom. The molecule has 6 nitrogen and oxygen atoms in total. The van der Waals surface area contributed by atoms with Gasteiger partial charge in [0.05, 0.1) is 11.2 Å². The monoisotopic (exact) mass is 369 g/mol. The van der Waals surface area contributed by atoms with Crippen LogP contribution in [0.25, 0.3) is 10.9 Å². The summed E-state index contributed by atoms with van der Waals surface area (Å²) in [5.41, 5.74) is 4.87. The van der Waals surface area contributed by atoms with Gasteiger partial charge in [0.25, 0.3) is 5.91 Å². The van der Waals surface area contributed by atoms with Crippen LogP contribution < -0.4 is 10.6 Å². The summed E-state index contributed by atoms with van der Waals surface area (Å²) in [6.07, 6.45) is 1.70. The molecule has 0 spiro atoms. The highest BCUT2D eigenvalue weighted by Gasteiger charge is 2.11. The third-order valence-corrected chi connectivity index (χ3v) is 4.27. The van der Waals surface area contributed by atoms with Gasteiger partial charge in [-0.1, -0.05) is 24.3 Å². The summed E-state index contributed by atoms with van der Waals surface area (Å²) >= 11 is 0. The third-order valence-electron chi connectivity index (χ3n) is 4.27. The Hall–Kier alpha value is -3.80. The Bertz CT molecular complexity index is 1130. The van der Waals surface area contributed by atoms with E-state index in [1.807, 2.05) is 56.3 Å². The molecule has 4 aromatic rings. The molecule has 0 fully saturated rings. The van der Waals surface area contributed by atoms with E-state index in [0.29, 0.717) is 11.5 Å². The van der Waals surface area contributed by atoms with Gasteiger partial charge in [-0.25, -0.2) is 0 Å². The molecule has 2 heterocycles. The van der Waals surface area contributed by atoms with E-state index in [9.17, 15) is 4.79 Å². The second kappa shape index (κ2) is 7.44. The van der Waals surface area contributed by atoms with Gasteiger partial charge in [0, 0.05) is 17.3 Å². The summed E-state index contributed by atoms with van der Waals surface area (Å²) in [6, 6.07) is 19.0. The van der Waals surface area contributed by atoms with E-state index in [1.165, 1.54) is 0 Å². The fourth-order valence-electron chi connectivity index (χ4n) is 3.11. The van der Waals surface area contributed by atoms with Gasteiger partial charge in [-0.2, -0.15) is 0 Å². The number of rotatable bonds is 4. The van der Waals surface area contributed by atoms with Crippen molar-refractivity contribution in [1.82, 2.24) is 15.2 Å². The lowest BCUT2D eigenvalue weighted by molar-refractivity contribution is 0.102. The lowest BCUT2D eigenvalue weighted by Crippen LogP contribution is -2.15. The molecule has 0 aliphatic heterocycles. The van der Waals surface area contributed by atoms with Gasteiger partial charge in [0.2, 0.25) is 0 Å². The van der Waals surface area contributed by atoms with Crippen LogP contribution in [0.1, 0.15) is 21.6 Å². The van der Waals surface area contributed by atoms with Crippen molar-refractivity contribution in [1.29, 1.82) is 0 Å². The first-order valence-corrected chi connectivity index (χ1v) is 8.93. The molecule has 138 valence electrons. The Balaban J connectivity index is 1.51. The SMILES string of the molecule is Cc1cc(C)cc(Nc2ccc(C(=O)Nc3cccc4cccnc34)nn2)c1. The molecule has 1 amide bonds. The van der Waals surface area contributed by atoms with Crippen LogP contribution in [-0.2, 0) is 0 Å². The molecule has 6 heteroatoms. The standard InChI is InChI=1S/C22H19N5O/c1-14-11-15(2)13-17(12-14)24-20-9-8-19(26-27-20)22(28)25-18-7-3-5-16-6-4-10-23-21(16)18/h3-13H,1-2H3,(H,24,27)(H,25,28). The highest BCUT2D eigenvalue weighted by Crippen LogP contribution is 2.21. The molecule has 0 bridgehead atoms. The Kier molecular flexibility index (Phi) is 4.68. The van der Waals surface area contributed by atoms with Gasteiger partial charge < -0.3 is 10.6 Å². The molecule has 2 aromatic heterocycles. The predicted molar refractivity (Wildman–Crippen MR) is 111 cm³/mol. The number of para-hydroxylation sites is 1. The van der Waals surface area contributed by atoms with Gasteiger partial charge >= 0.3 is 0 Å². The van der Waals surface area contributed by atoms with Gasteiger partial charge in [-0.3, -0.25) is 9.78 Å². The molecule has 0 saturated heterocycles. The number of pyridine rings is 1. The van der Waals surface area contributed by atoms with E-state index in [4.69, 9.17) is 0 Å². The lowest BCUT2D eigenvalue weighted by Gasteiger charge is -2.09. The van der Waals surface area contributed by atoms with Crippen molar-refractivity contribution in [2.45, 2.75) is 13.8 Å². The van der Waals surface area contributed by atoms with Crippen LogP contribution in [0.15, 0.2) is 66.9 Å². The molecule has 0 saturated carbocycles. The number of hydrogen-bond acceptors (Lipinski definition) is 5. The molecule has 0 aliphatic carbocycles. The number of nitrogens with zero attached hydrogens (tertiary/aromatic N) is 3. The fraction of sp³-hybridized carbons (Fsp3) is 0.0909. The Morgan fingerprint density at radius 2 is 1.68 bits per heavy atom. The number of benzene rings is 2. The molecular weight excluding hydrogens is 350 g/mol. The van der Waals surface area contributed by atoms with Crippen LogP contribution in [-0.4, -0.2) is 21.1 Å². The van der Waals surface area contributed by atoms with Crippen molar-refractivity contribution in [2.75, 3.05) is 10.6 Å². The maximum absolute atomic E-state index is 12.6. The number of aryl methyl sites for hydroxylation is 2. The number of hydrogen-bond donors (Lipinski definition) is 2. The Labute approximate surface area is 162 Å². The number of aromatic nitrogens is 3. The molecular formula is C22H19N5O. The van der Waals surface area contributed by atoms with E-state index >= 15 is 0 Å². The molecule has 0 atom stereocenters. The predicted octanol–water partition coefficient (Wildman–Crippen LogP) is 4.64. The number of anilines is 3. The second-order valence-corrected chi connectivity index (χ2v) is 6.64. The van der Waals surface area contributed by atoms with Crippen molar-refractivity contribution in [3.63, 3.8) is 0 Å². The molecule has 28 heavy (non-hydrogen) atoms.